The summed E-state index contributed by atoms with van der Waals surface area (Å²) < 4.78 is 2.93. The highest BCUT2D eigenvalue weighted by Crippen LogP contribution is 2.20. The Morgan fingerprint density at radius 2 is 2.30 bits per heavy atom. The minimum atomic E-state index is -0.0534. The maximum Gasteiger partial charge on any atom is 0.234 e. The van der Waals surface area contributed by atoms with Crippen molar-refractivity contribution in [1.82, 2.24) is 14.8 Å². The van der Waals surface area contributed by atoms with E-state index in [1.807, 2.05) is 36.6 Å². The van der Waals surface area contributed by atoms with Crippen molar-refractivity contribution in [1.29, 1.82) is 0 Å². The normalized spacial score (nSPS) is 10.6. The number of hydrogen-bond donors (Lipinski definition) is 1. The highest BCUT2D eigenvalue weighted by Gasteiger charge is 2.08. The first kappa shape index (κ1) is 15.1. The van der Waals surface area contributed by atoms with Crippen molar-refractivity contribution in [3.8, 4) is 0 Å². The summed E-state index contributed by atoms with van der Waals surface area (Å²) in [6.45, 7) is 4.79. The number of thioether (sulfide) groups is 1. The van der Waals surface area contributed by atoms with Crippen LogP contribution in [0.1, 0.15) is 12.5 Å². The quantitative estimate of drug-likeness (QED) is 0.838. The molecule has 0 atom stereocenters. The molecule has 2 aromatic rings. The molecule has 0 saturated heterocycles. The molecular weight excluding hydrogens is 340 g/mol. The van der Waals surface area contributed by atoms with E-state index in [-0.39, 0.29) is 5.91 Å². The predicted octanol–water partition coefficient (Wildman–Crippen LogP) is 3.10. The van der Waals surface area contributed by atoms with Crippen LogP contribution in [-0.2, 0) is 11.3 Å². The summed E-state index contributed by atoms with van der Waals surface area (Å²) in [5.74, 6) is 0.260. The first-order valence-corrected chi connectivity index (χ1v) is 7.94. The van der Waals surface area contributed by atoms with E-state index in [0.29, 0.717) is 5.75 Å². The zero-order chi connectivity index (χ0) is 14.5. The van der Waals surface area contributed by atoms with Crippen molar-refractivity contribution in [2.75, 3.05) is 11.1 Å². The lowest BCUT2D eigenvalue weighted by atomic mass is 10.2. The van der Waals surface area contributed by atoms with Crippen LogP contribution in [0.25, 0.3) is 0 Å². The van der Waals surface area contributed by atoms with Crippen molar-refractivity contribution >= 4 is 39.3 Å². The van der Waals surface area contributed by atoms with E-state index >= 15 is 0 Å². The number of carbonyl (C=O) groups excluding carboxylic acids is 1. The maximum absolute atomic E-state index is 11.9. The molecule has 0 aliphatic carbocycles. The average Bonchev–Trinajstić information content (AvgIpc) is 2.88. The van der Waals surface area contributed by atoms with Crippen molar-refractivity contribution in [3.63, 3.8) is 0 Å². The summed E-state index contributed by atoms with van der Waals surface area (Å²) in [7, 11) is 0. The molecule has 0 fully saturated rings. The van der Waals surface area contributed by atoms with Crippen molar-refractivity contribution in [3.05, 3.63) is 34.6 Å². The molecule has 0 aliphatic rings. The second-order valence-electron chi connectivity index (χ2n) is 4.20. The molecule has 20 heavy (non-hydrogen) atoms. The number of halogens is 1. The summed E-state index contributed by atoms with van der Waals surface area (Å²) in [5, 5.41) is 11.4. The number of benzene rings is 1. The second-order valence-corrected chi connectivity index (χ2v) is 6.00. The van der Waals surface area contributed by atoms with Crippen molar-refractivity contribution in [2.45, 2.75) is 25.5 Å². The highest BCUT2D eigenvalue weighted by atomic mass is 79.9. The SMILES string of the molecule is CCn1cnnc1SCC(=O)Nc1ccc(Br)c(C)c1. The van der Waals surface area contributed by atoms with Gasteiger partial charge in [0.2, 0.25) is 5.91 Å². The molecule has 0 radical (unpaired) electrons. The predicted molar refractivity (Wildman–Crippen MR) is 83.9 cm³/mol. The van der Waals surface area contributed by atoms with E-state index in [1.165, 1.54) is 11.8 Å². The zero-order valence-electron chi connectivity index (χ0n) is 11.3. The molecule has 0 spiro atoms. The van der Waals surface area contributed by atoms with Gasteiger partial charge in [0.25, 0.3) is 0 Å². The first-order valence-electron chi connectivity index (χ1n) is 6.16. The van der Waals surface area contributed by atoms with Gasteiger partial charge in [-0.15, -0.1) is 10.2 Å². The van der Waals surface area contributed by atoms with Gasteiger partial charge in [0.1, 0.15) is 6.33 Å². The third-order valence-electron chi connectivity index (χ3n) is 2.69. The molecule has 0 unspecified atom stereocenters. The number of rotatable bonds is 5. The van der Waals surface area contributed by atoms with Gasteiger partial charge >= 0.3 is 0 Å². The number of nitrogens with zero attached hydrogens (tertiary/aromatic N) is 3. The number of amides is 1. The van der Waals surface area contributed by atoms with Gasteiger partial charge in [-0.1, -0.05) is 27.7 Å². The fourth-order valence-electron chi connectivity index (χ4n) is 1.62. The largest absolute Gasteiger partial charge is 0.325 e. The Labute approximate surface area is 130 Å². The van der Waals surface area contributed by atoms with Gasteiger partial charge in [0.05, 0.1) is 5.75 Å². The number of hydrogen-bond acceptors (Lipinski definition) is 4. The molecule has 1 aromatic heterocycles. The minimum absolute atomic E-state index is 0.0534. The van der Waals surface area contributed by atoms with E-state index in [9.17, 15) is 4.79 Å². The van der Waals surface area contributed by atoms with Crippen LogP contribution in [0.3, 0.4) is 0 Å². The van der Waals surface area contributed by atoms with E-state index in [2.05, 4.69) is 31.4 Å². The first-order chi connectivity index (χ1) is 9.60. The lowest BCUT2D eigenvalue weighted by Crippen LogP contribution is -2.14. The molecule has 2 rings (SSSR count). The van der Waals surface area contributed by atoms with E-state index in [4.69, 9.17) is 0 Å². The Morgan fingerprint density at radius 1 is 1.50 bits per heavy atom. The Balaban J connectivity index is 1.91. The van der Waals surface area contributed by atoms with Crippen LogP contribution in [-0.4, -0.2) is 26.4 Å². The van der Waals surface area contributed by atoms with Gasteiger partial charge in [-0.25, -0.2) is 0 Å². The molecule has 1 amide bonds. The molecule has 0 saturated carbocycles. The molecule has 1 aromatic carbocycles. The number of carbonyl (C=O) groups is 1. The Hall–Kier alpha value is -1.34. The fraction of sp³-hybridized carbons (Fsp3) is 0.308. The van der Waals surface area contributed by atoms with E-state index < -0.39 is 0 Å². The third-order valence-corrected chi connectivity index (χ3v) is 4.57. The fourth-order valence-corrected chi connectivity index (χ4v) is 2.65. The molecular formula is C13H15BrN4OS. The van der Waals surface area contributed by atoms with Gasteiger partial charge in [0, 0.05) is 16.7 Å². The Kier molecular flexibility index (Phi) is 5.19. The average molecular weight is 355 g/mol. The van der Waals surface area contributed by atoms with Gasteiger partial charge in [0.15, 0.2) is 5.16 Å². The number of anilines is 1. The van der Waals surface area contributed by atoms with Gasteiger partial charge in [-0.05, 0) is 37.6 Å². The molecule has 5 nitrogen and oxygen atoms in total. The van der Waals surface area contributed by atoms with Crippen molar-refractivity contribution < 1.29 is 4.79 Å². The Bertz CT molecular complexity index is 614. The number of nitrogens with one attached hydrogen (secondary N) is 1. The molecule has 1 heterocycles. The lowest BCUT2D eigenvalue weighted by Gasteiger charge is -2.07. The zero-order valence-corrected chi connectivity index (χ0v) is 13.7. The van der Waals surface area contributed by atoms with Gasteiger partial charge in [-0.3, -0.25) is 4.79 Å². The van der Waals surface area contributed by atoms with Crippen LogP contribution in [0.15, 0.2) is 34.2 Å². The van der Waals surface area contributed by atoms with E-state index in [0.717, 1.165) is 27.4 Å². The molecule has 106 valence electrons. The third kappa shape index (κ3) is 3.83. The van der Waals surface area contributed by atoms with Gasteiger partial charge in [-0.2, -0.15) is 0 Å². The Morgan fingerprint density at radius 3 is 3.00 bits per heavy atom. The summed E-state index contributed by atoms with van der Waals surface area (Å²) in [6.07, 6.45) is 1.67. The molecule has 0 bridgehead atoms. The second kappa shape index (κ2) is 6.90. The van der Waals surface area contributed by atoms with Crippen LogP contribution in [0.5, 0.6) is 0 Å². The minimum Gasteiger partial charge on any atom is -0.325 e. The summed E-state index contributed by atoms with van der Waals surface area (Å²) >= 11 is 4.81. The molecule has 1 N–H and O–H groups in total. The van der Waals surface area contributed by atoms with Crippen LogP contribution >= 0.6 is 27.7 Å². The standard InChI is InChI=1S/C13H15BrN4OS/c1-3-18-8-15-17-13(18)20-7-12(19)16-10-4-5-11(14)9(2)6-10/h4-6,8H,3,7H2,1-2H3,(H,16,19). The van der Waals surface area contributed by atoms with E-state index in [1.54, 1.807) is 6.33 Å². The monoisotopic (exact) mass is 354 g/mol. The molecule has 0 aliphatic heterocycles. The topological polar surface area (TPSA) is 59.8 Å². The number of aromatic nitrogens is 3. The summed E-state index contributed by atoms with van der Waals surface area (Å²) in [6, 6.07) is 5.72. The van der Waals surface area contributed by atoms with Crippen LogP contribution in [0.2, 0.25) is 0 Å². The highest BCUT2D eigenvalue weighted by molar-refractivity contribution is 9.10. The van der Waals surface area contributed by atoms with Gasteiger partial charge < -0.3 is 9.88 Å². The summed E-state index contributed by atoms with van der Waals surface area (Å²) in [5.41, 5.74) is 1.88. The lowest BCUT2D eigenvalue weighted by molar-refractivity contribution is -0.113. The number of aryl methyl sites for hydroxylation is 2. The van der Waals surface area contributed by atoms with Crippen LogP contribution < -0.4 is 5.32 Å². The van der Waals surface area contributed by atoms with Crippen LogP contribution in [0.4, 0.5) is 5.69 Å². The smallest absolute Gasteiger partial charge is 0.234 e. The summed E-state index contributed by atoms with van der Waals surface area (Å²) in [4.78, 5) is 11.9. The maximum atomic E-state index is 11.9. The van der Waals surface area contributed by atoms with Crippen LogP contribution in [0, 0.1) is 6.92 Å². The van der Waals surface area contributed by atoms with Crippen molar-refractivity contribution in [2.24, 2.45) is 0 Å². The molecule has 7 heteroatoms.